The Hall–Kier alpha value is -0.540. The van der Waals surface area contributed by atoms with E-state index in [9.17, 15) is 0 Å². The van der Waals surface area contributed by atoms with Crippen molar-refractivity contribution in [3.05, 3.63) is 27.7 Å². The summed E-state index contributed by atoms with van der Waals surface area (Å²) in [6.45, 7) is 2.26. The van der Waals surface area contributed by atoms with Crippen molar-refractivity contribution in [2.45, 2.75) is 12.8 Å². The first-order valence-electron chi connectivity index (χ1n) is 4.92. The summed E-state index contributed by atoms with van der Waals surface area (Å²) in [6, 6.07) is 4.11. The molecule has 0 spiro atoms. The quantitative estimate of drug-likeness (QED) is 0.719. The molecule has 1 aromatic carbocycles. The Morgan fingerprint density at radius 1 is 1.29 bits per heavy atom. The third kappa shape index (κ3) is 1.93. The molecule has 2 rings (SSSR count). The fourth-order valence-corrected chi connectivity index (χ4v) is 2.66. The Morgan fingerprint density at radius 3 is 2.79 bits per heavy atom. The summed E-state index contributed by atoms with van der Waals surface area (Å²) < 4.78 is 1.17. The zero-order valence-electron chi connectivity index (χ0n) is 8.39. The summed E-state index contributed by atoms with van der Waals surface area (Å²) in [7, 11) is 2.17. The molecule has 0 aromatic heterocycles. The van der Waals surface area contributed by atoms with Crippen molar-refractivity contribution in [2.75, 3.05) is 25.9 Å². The fraction of sp³-hybridized carbons (Fsp3) is 0.455. The van der Waals surface area contributed by atoms with Gasteiger partial charge in [-0.3, -0.25) is 0 Å². The van der Waals surface area contributed by atoms with E-state index in [4.69, 9.17) is 5.73 Å². The van der Waals surface area contributed by atoms with Gasteiger partial charge in [0.15, 0.2) is 0 Å². The minimum absolute atomic E-state index is 0.861. The third-order valence-electron chi connectivity index (χ3n) is 2.82. The van der Waals surface area contributed by atoms with Crippen molar-refractivity contribution in [2.24, 2.45) is 0 Å². The second kappa shape index (κ2) is 3.91. The van der Waals surface area contributed by atoms with Crippen LogP contribution in [-0.4, -0.2) is 25.0 Å². The van der Waals surface area contributed by atoms with Crippen LogP contribution in [-0.2, 0) is 12.8 Å². The van der Waals surface area contributed by atoms with Gasteiger partial charge in [0.1, 0.15) is 0 Å². The van der Waals surface area contributed by atoms with Gasteiger partial charge in [-0.05, 0) is 43.1 Å². The van der Waals surface area contributed by atoms with Crippen molar-refractivity contribution in [3.8, 4) is 0 Å². The van der Waals surface area contributed by atoms with Crippen LogP contribution in [0.4, 0.5) is 5.69 Å². The van der Waals surface area contributed by atoms with E-state index < -0.39 is 0 Å². The molecule has 0 fully saturated rings. The summed E-state index contributed by atoms with van der Waals surface area (Å²) in [6.07, 6.45) is 2.22. The maximum absolute atomic E-state index is 5.82. The summed E-state index contributed by atoms with van der Waals surface area (Å²) in [4.78, 5) is 2.36. The molecule has 0 aliphatic carbocycles. The maximum atomic E-state index is 5.82. The summed E-state index contributed by atoms with van der Waals surface area (Å²) in [5, 5.41) is 0. The molecule has 0 unspecified atom stereocenters. The van der Waals surface area contributed by atoms with Gasteiger partial charge in [-0.2, -0.15) is 0 Å². The molecule has 2 N–H and O–H groups in total. The highest BCUT2D eigenvalue weighted by molar-refractivity contribution is 9.10. The first-order valence-corrected chi connectivity index (χ1v) is 5.71. The Kier molecular flexibility index (Phi) is 2.79. The van der Waals surface area contributed by atoms with Crippen LogP contribution >= 0.6 is 15.9 Å². The number of hydrogen-bond donors (Lipinski definition) is 1. The van der Waals surface area contributed by atoms with Gasteiger partial charge in [0.05, 0.1) is 0 Å². The predicted octanol–water partition coefficient (Wildman–Crippen LogP) is 2.06. The molecule has 0 saturated carbocycles. The zero-order valence-corrected chi connectivity index (χ0v) is 9.97. The predicted molar refractivity (Wildman–Crippen MR) is 63.5 cm³/mol. The second-order valence-electron chi connectivity index (χ2n) is 3.94. The Balaban J connectivity index is 2.40. The van der Waals surface area contributed by atoms with Crippen LogP contribution in [0.3, 0.4) is 0 Å². The molecule has 76 valence electrons. The SMILES string of the molecule is CN1CCc2cc(N)cc(Br)c2CC1. The lowest BCUT2D eigenvalue weighted by atomic mass is 10.0. The first-order chi connectivity index (χ1) is 6.66. The number of fused-ring (bicyclic) bond motifs is 1. The molecule has 0 radical (unpaired) electrons. The number of nitrogens with two attached hydrogens (primary N) is 1. The normalized spacial score (nSPS) is 17.6. The average molecular weight is 255 g/mol. The molecule has 1 aliphatic heterocycles. The number of likely N-dealkylation sites (N-methyl/N-ethyl adjacent to an activating group) is 1. The van der Waals surface area contributed by atoms with Crippen molar-refractivity contribution < 1.29 is 0 Å². The van der Waals surface area contributed by atoms with Crippen LogP contribution in [0.25, 0.3) is 0 Å². The minimum atomic E-state index is 0.861. The maximum Gasteiger partial charge on any atom is 0.0328 e. The lowest BCUT2D eigenvalue weighted by Crippen LogP contribution is -2.20. The van der Waals surface area contributed by atoms with Crippen molar-refractivity contribution in [1.29, 1.82) is 0 Å². The van der Waals surface area contributed by atoms with E-state index >= 15 is 0 Å². The number of hydrogen-bond acceptors (Lipinski definition) is 2. The van der Waals surface area contributed by atoms with Gasteiger partial charge >= 0.3 is 0 Å². The monoisotopic (exact) mass is 254 g/mol. The number of rotatable bonds is 0. The van der Waals surface area contributed by atoms with Gasteiger partial charge in [-0.25, -0.2) is 0 Å². The zero-order chi connectivity index (χ0) is 10.1. The topological polar surface area (TPSA) is 29.3 Å². The molecular formula is C11H15BrN2. The molecule has 1 aromatic rings. The van der Waals surface area contributed by atoms with Gasteiger partial charge in [-0.15, -0.1) is 0 Å². The lowest BCUT2D eigenvalue weighted by molar-refractivity contribution is 0.352. The van der Waals surface area contributed by atoms with E-state index in [0.29, 0.717) is 0 Å². The molecular weight excluding hydrogens is 240 g/mol. The van der Waals surface area contributed by atoms with Gasteiger partial charge in [-0.1, -0.05) is 15.9 Å². The molecule has 0 bridgehead atoms. The van der Waals surface area contributed by atoms with Crippen LogP contribution in [0.1, 0.15) is 11.1 Å². The smallest absolute Gasteiger partial charge is 0.0328 e. The lowest BCUT2D eigenvalue weighted by Gasteiger charge is -2.10. The van der Waals surface area contributed by atoms with Gasteiger partial charge < -0.3 is 10.6 Å². The Bertz CT molecular complexity index is 349. The molecule has 1 aliphatic rings. The number of halogens is 1. The van der Waals surface area contributed by atoms with Crippen molar-refractivity contribution in [1.82, 2.24) is 4.90 Å². The van der Waals surface area contributed by atoms with Crippen LogP contribution in [0.15, 0.2) is 16.6 Å². The van der Waals surface area contributed by atoms with E-state index in [2.05, 4.69) is 33.9 Å². The second-order valence-corrected chi connectivity index (χ2v) is 4.80. The molecule has 0 amide bonds. The van der Waals surface area contributed by atoms with Crippen molar-refractivity contribution >= 4 is 21.6 Å². The summed E-state index contributed by atoms with van der Waals surface area (Å²) in [5.74, 6) is 0. The van der Waals surface area contributed by atoms with Crippen LogP contribution < -0.4 is 5.73 Å². The molecule has 14 heavy (non-hydrogen) atoms. The van der Waals surface area contributed by atoms with E-state index in [0.717, 1.165) is 31.6 Å². The first kappa shape index (κ1) is 9.99. The number of nitrogens with zero attached hydrogens (tertiary/aromatic N) is 1. The van der Waals surface area contributed by atoms with Gasteiger partial charge in [0.2, 0.25) is 0 Å². The van der Waals surface area contributed by atoms with Crippen LogP contribution in [0, 0.1) is 0 Å². The summed E-state index contributed by atoms with van der Waals surface area (Å²) in [5.41, 5.74) is 9.52. The molecule has 0 saturated heterocycles. The standard InChI is InChI=1S/C11H15BrN2/c1-14-4-2-8-6-9(13)7-11(12)10(8)3-5-14/h6-7H,2-5,13H2,1H3. The van der Waals surface area contributed by atoms with Crippen molar-refractivity contribution in [3.63, 3.8) is 0 Å². The highest BCUT2D eigenvalue weighted by Crippen LogP contribution is 2.27. The largest absolute Gasteiger partial charge is 0.399 e. The highest BCUT2D eigenvalue weighted by Gasteiger charge is 2.13. The third-order valence-corrected chi connectivity index (χ3v) is 3.52. The van der Waals surface area contributed by atoms with E-state index in [1.165, 1.54) is 15.6 Å². The van der Waals surface area contributed by atoms with Gasteiger partial charge in [0.25, 0.3) is 0 Å². The van der Waals surface area contributed by atoms with Crippen LogP contribution in [0.2, 0.25) is 0 Å². The number of anilines is 1. The average Bonchev–Trinajstić information content (AvgIpc) is 2.28. The molecule has 3 heteroatoms. The Morgan fingerprint density at radius 2 is 2.00 bits per heavy atom. The van der Waals surface area contributed by atoms with E-state index in [1.54, 1.807) is 0 Å². The Labute approximate surface area is 93.2 Å². The fourth-order valence-electron chi connectivity index (χ4n) is 1.95. The summed E-state index contributed by atoms with van der Waals surface area (Å²) >= 11 is 3.59. The molecule has 0 atom stereocenters. The van der Waals surface area contributed by atoms with E-state index in [-0.39, 0.29) is 0 Å². The minimum Gasteiger partial charge on any atom is -0.399 e. The van der Waals surface area contributed by atoms with E-state index in [1.807, 2.05) is 6.07 Å². The van der Waals surface area contributed by atoms with Crippen LogP contribution in [0.5, 0.6) is 0 Å². The molecule has 1 heterocycles. The number of benzene rings is 1. The van der Waals surface area contributed by atoms with Gasteiger partial charge in [0, 0.05) is 23.2 Å². The molecule has 2 nitrogen and oxygen atoms in total. The number of nitrogen functional groups attached to an aromatic ring is 1. The highest BCUT2D eigenvalue weighted by atomic mass is 79.9.